The molecule has 0 spiro atoms. The standard InChI is InChI=1S/C14H14F3NO2/c15-14(16,17)13(20)18-8-10-3-5-11(6-4-10)12(19)7-9-1-2-9/h3-6,9H,1-2,7-8H2,(H,18,20). The number of amides is 1. The van der Waals surface area contributed by atoms with Gasteiger partial charge in [-0.1, -0.05) is 24.3 Å². The van der Waals surface area contributed by atoms with E-state index in [-0.39, 0.29) is 12.3 Å². The molecule has 3 nitrogen and oxygen atoms in total. The minimum absolute atomic E-state index is 0.0541. The van der Waals surface area contributed by atoms with Gasteiger partial charge in [-0.05, 0) is 24.3 Å². The monoisotopic (exact) mass is 285 g/mol. The van der Waals surface area contributed by atoms with E-state index in [0.29, 0.717) is 23.5 Å². The highest BCUT2D eigenvalue weighted by Crippen LogP contribution is 2.33. The van der Waals surface area contributed by atoms with Gasteiger partial charge in [-0.3, -0.25) is 9.59 Å². The lowest BCUT2D eigenvalue weighted by Gasteiger charge is -2.08. The number of Topliss-reactive ketones (excluding diaryl/α,β-unsaturated/α-hetero) is 1. The lowest BCUT2D eigenvalue weighted by Crippen LogP contribution is -2.36. The number of hydrogen-bond donors (Lipinski definition) is 1. The van der Waals surface area contributed by atoms with Gasteiger partial charge in [0.15, 0.2) is 5.78 Å². The van der Waals surface area contributed by atoms with Crippen LogP contribution in [0, 0.1) is 5.92 Å². The third-order valence-corrected chi connectivity index (χ3v) is 3.16. The van der Waals surface area contributed by atoms with Crippen LogP contribution in [0.25, 0.3) is 0 Å². The average molecular weight is 285 g/mol. The van der Waals surface area contributed by atoms with Crippen molar-refractivity contribution in [2.75, 3.05) is 0 Å². The highest BCUT2D eigenvalue weighted by molar-refractivity contribution is 5.96. The summed E-state index contributed by atoms with van der Waals surface area (Å²) in [6.45, 7) is -0.213. The van der Waals surface area contributed by atoms with Crippen molar-refractivity contribution >= 4 is 11.7 Å². The predicted octanol–water partition coefficient (Wildman–Crippen LogP) is 2.85. The second kappa shape index (κ2) is 5.64. The average Bonchev–Trinajstić information content (AvgIpc) is 3.19. The predicted molar refractivity (Wildman–Crippen MR) is 66.0 cm³/mol. The van der Waals surface area contributed by atoms with E-state index < -0.39 is 12.1 Å². The van der Waals surface area contributed by atoms with E-state index in [1.807, 2.05) is 0 Å². The van der Waals surface area contributed by atoms with Crippen LogP contribution in [0.15, 0.2) is 24.3 Å². The van der Waals surface area contributed by atoms with Gasteiger partial charge in [0.05, 0.1) is 0 Å². The van der Waals surface area contributed by atoms with Gasteiger partial charge < -0.3 is 5.32 Å². The molecule has 1 aromatic carbocycles. The molecule has 1 aromatic rings. The first-order valence-electron chi connectivity index (χ1n) is 6.33. The van der Waals surface area contributed by atoms with E-state index in [1.165, 1.54) is 0 Å². The number of carbonyl (C=O) groups excluding carboxylic acids is 2. The summed E-state index contributed by atoms with van der Waals surface area (Å²) in [5, 5.41) is 1.78. The minimum atomic E-state index is -4.87. The maximum atomic E-state index is 12.0. The number of alkyl halides is 3. The summed E-state index contributed by atoms with van der Waals surface area (Å²) in [6.07, 6.45) is -2.16. The van der Waals surface area contributed by atoms with Crippen LogP contribution in [0.2, 0.25) is 0 Å². The molecule has 0 aromatic heterocycles. The first-order chi connectivity index (χ1) is 9.36. The van der Waals surface area contributed by atoms with Crippen molar-refractivity contribution in [1.29, 1.82) is 0 Å². The molecule has 0 aliphatic heterocycles. The largest absolute Gasteiger partial charge is 0.471 e. The molecule has 1 aliphatic rings. The Bertz CT molecular complexity index is 504. The number of carbonyl (C=O) groups is 2. The van der Waals surface area contributed by atoms with Crippen molar-refractivity contribution < 1.29 is 22.8 Å². The van der Waals surface area contributed by atoms with E-state index in [1.54, 1.807) is 29.6 Å². The molecule has 1 saturated carbocycles. The van der Waals surface area contributed by atoms with Gasteiger partial charge in [-0.2, -0.15) is 13.2 Å². The number of nitrogens with one attached hydrogen (secondary N) is 1. The van der Waals surface area contributed by atoms with Crippen molar-refractivity contribution in [3.8, 4) is 0 Å². The Morgan fingerprint density at radius 1 is 1.15 bits per heavy atom. The number of hydrogen-bond acceptors (Lipinski definition) is 2. The number of halogens is 3. The van der Waals surface area contributed by atoms with Crippen LogP contribution in [0.5, 0.6) is 0 Å². The third kappa shape index (κ3) is 4.08. The Morgan fingerprint density at radius 2 is 1.75 bits per heavy atom. The Hall–Kier alpha value is -1.85. The summed E-state index contributed by atoms with van der Waals surface area (Å²) in [4.78, 5) is 22.4. The molecule has 0 bridgehead atoms. The Labute approximate surface area is 114 Å². The summed E-state index contributed by atoms with van der Waals surface area (Å²) in [7, 11) is 0. The molecule has 0 radical (unpaired) electrons. The molecule has 1 fully saturated rings. The first kappa shape index (κ1) is 14.6. The second-order valence-corrected chi connectivity index (χ2v) is 4.95. The van der Waals surface area contributed by atoms with Gasteiger partial charge in [0.1, 0.15) is 0 Å². The van der Waals surface area contributed by atoms with Crippen molar-refractivity contribution in [2.45, 2.75) is 32.0 Å². The number of benzene rings is 1. The van der Waals surface area contributed by atoms with Crippen LogP contribution in [0.1, 0.15) is 35.2 Å². The van der Waals surface area contributed by atoms with Crippen LogP contribution < -0.4 is 5.32 Å². The summed E-state index contributed by atoms with van der Waals surface area (Å²) < 4.78 is 36.0. The molecular formula is C14H14F3NO2. The molecule has 0 atom stereocenters. The van der Waals surface area contributed by atoms with E-state index >= 15 is 0 Å². The molecule has 108 valence electrons. The topological polar surface area (TPSA) is 46.2 Å². The molecule has 0 heterocycles. The highest BCUT2D eigenvalue weighted by Gasteiger charge is 2.38. The zero-order valence-corrected chi connectivity index (χ0v) is 10.7. The Kier molecular flexibility index (Phi) is 4.11. The van der Waals surface area contributed by atoms with Gasteiger partial charge in [-0.15, -0.1) is 0 Å². The van der Waals surface area contributed by atoms with Crippen LogP contribution >= 0.6 is 0 Å². The van der Waals surface area contributed by atoms with Crippen molar-refractivity contribution in [2.24, 2.45) is 5.92 Å². The molecular weight excluding hydrogens is 271 g/mol. The third-order valence-electron chi connectivity index (χ3n) is 3.16. The zero-order valence-electron chi connectivity index (χ0n) is 10.7. The molecule has 20 heavy (non-hydrogen) atoms. The Morgan fingerprint density at radius 3 is 2.25 bits per heavy atom. The van der Waals surface area contributed by atoms with Gasteiger partial charge in [0.2, 0.25) is 0 Å². The number of rotatable bonds is 5. The van der Waals surface area contributed by atoms with E-state index in [4.69, 9.17) is 0 Å². The van der Waals surface area contributed by atoms with Gasteiger partial charge in [0.25, 0.3) is 0 Å². The molecule has 2 rings (SSSR count). The molecule has 1 N–H and O–H groups in total. The number of ketones is 1. The van der Waals surface area contributed by atoms with E-state index in [0.717, 1.165) is 12.8 Å². The zero-order chi connectivity index (χ0) is 14.8. The van der Waals surface area contributed by atoms with Crippen molar-refractivity contribution in [1.82, 2.24) is 5.32 Å². The molecule has 6 heteroatoms. The van der Waals surface area contributed by atoms with E-state index in [9.17, 15) is 22.8 Å². The summed E-state index contributed by atoms with van der Waals surface area (Å²) in [5.41, 5.74) is 1.08. The molecule has 1 amide bonds. The summed E-state index contributed by atoms with van der Waals surface area (Å²) in [6, 6.07) is 6.27. The fraction of sp³-hybridized carbons (Fsp3) is 0.429. The first-order valence-corrected chi connectivity index (χ1v) is 6.33. The highest BCUT2D eigenvalue weighted by atomic mass is 19.4. The van der Waals surface area contributed by atoms with E-state index in [2.05, 4.69) is 0 Å². The minimum Gasteiger partial charge on any atom is -0.344 e. The summed E-state index contributed by atoms with van der Waals surface area (Å²) in [5.74, 6) is -1.42. The Balaban J connectivity index is 1.87. The van der Waals surface area contributed by atoms with Crippen molar-refractivity contribution in [3.05, 3.63) is 35.4 Å². The van der Waals surface area contributed by atoms with Gasteiger partial charge in [-0.25, -0.2) is 0 Å². The SMILES string of the molecule is O=C(CC1CC1)c1ccc(CNC(=O)C(F)(F)F)cc1. The quantitative estimate of drug-likeness (QED) is 0.846. The van der Waals surface area contributed by atoms with Crippen LogP contribution in [-0.4, -0.2) is 17.9 Å². The van der Waals surface area contributed by atoms with Crippen LogP contribution in [0.3, 0.4) is 0 Å². The van der Waals surface area contributed by atoms with Gasteiger partial charge in [0, 0.05) is 18.5 Å². The fourth-order valence-corrected chi connectivity index (χ4v) is 1.79. The lowest BCUT2D eigenvalue weighted by atomic mass is 10.0. The smallest absolute Gasteiger partial charge is 0.344 e. The normalized spacial score (nSPS) is 14.9. The second-order valence-electron chi connectivity index (χ2n) is 4.95. The van der Waals surface area contributed by atoms with Crippen LogP contribution in [-0.2, 0) is 11.3 Å². The molecule has 0 saturated heterocycles. The molecule has 0 unspecified atom stereocenters. The van der Waals surface area contributed by atoms with Gasteiger partial charge >= 0.3 is 12.1 Å². The maximum absolute atomic E-state index is 12.0. The van der Waals surface area contributed by atoms with Crippen LogP contribution in [0.4, 0.5) is 13.2 Å². The summed E-state index contributed by atoms with van der Waals surface area (Å²) >= 11 is 0. The fourth-order valence-electron chi connectivity index (χ4n) is 1.79. The van der Waals surface area contributed by atoms with Crippen molar-refractivity contribution in [3.63, 3.8) is 0 Å². The lowest BCUT2D eigenvalue weighted by molar-refractivity contribution is -0.173. The molecule has 1 aliphatic carbocycles. The maximum Gasteiger partial charge on any atom is 0.471 e.